The molecular formula is C60H40N2. The lowest BCUT2D eigenvalue weighted by Crippen LogP contribution is -2.10. The topological polar surface area (TPSA) is 8.17 Å². The highest BCUT2D eigenvalue weighted by Crippen LogP contribution is 2.41. The second kappa shape index (κ2) is 14.8. The second-order valence-corrected chi connectivity index (χ2v) is 16.2. The van der Waals surface area contributed by atoms with E-state index < -0.39 is 0 Å². The average Bonchev–Trinajstić information content (AvgIpc) is 3.69. The molecule has 12 aromatic rings. The second-order valence-electron chi connectivity index (χ2n) is 16.2. The molecule has 0 aliphatic rings. The third kappa shape index (κ3) is 6.12. The first kappa shape index (κ1) is 35.7. The molecule has 0 amide bonds. The molecule has 62 heavy (non-hydrogen) atoms. The highest BCUT2D eigenvalue weighted by Gasteiger charge is 2.18. The summed E-state index contributed by atoms with van der Waals surface area (Å²) < 4.78 is 2.44. The van der Waals surface area contributed by atoms with Gasteiger partial charge in [0, 0.05) is 38.9 Å². The van der Waals surface area contributed by atoms with Gasteiger partial charge in [0.25, 0.3) is 0 Å². The SMILES string of the molecule is c1ccc(-c2cccc(N(c3ccc(-c4ccc5ccc6ccccc6c5c4)cc3)c3ccc(-c4ccc5c6ccc7ccccc7c6n(-c6ccccc6)c5c4)cc3)c2)cc1. The molecule has 0 bridgehead atoms. The summed E-state index contributed by atoms with van der Waals surface area (Å²) in [4.78, 5) is 2.37. The largest absolute Gasteiger partial charge is 0.310 e. The Hall–Kier alpha value is -8.20. The molecule has 2 heteroatoms. The molecule has 0 saturated carbocycles. The lowest BCUT2D eigenvalue weighted by atomic mass is 9.97. The van der Waals surface area contributed by atoms with Gasteiger partial charge in [-0.05, 0) is 121 Å². The van der Waals surface area contributed by atoms with Crippen LogP contribution in [0.25, 0.3) is 93.2 Å². The summed E-state index contributed by atoms with van der Waals surface area (Å²) in [6, 6.07) is 88.4. The van der Waals surface area contributed by atoms with E-state index in [2.05, 4.69) is 252 Å². The van der Waals surface area contributed by atoms with Gasteiger partial charge in [-0.25, -0.2) is 0 Å². The Kier molecular flexibility index (Phi) is 8.53. The van der Waals surface area contributed by atoms with Crippen LogP contribution in [0.1, 0.15) is 0 Å². The number of benzene rings is 11. The van der Waals surface area contributed by atoms with E-state index in [4.69, 9.17) is 0 Å². The van der Waals surface area contributed by atoms with Crippen LogP contribution in [0, 0.1) is 0 Å². The lowest BCUT2D eigenvalue weighted by molar-refractivity contribution is 1.19. The standard InChI is InChI=1S/C60H40N2/c1-3-12-41(13-4-1)47-16-11-19-53(38-47)61(51-32-26-42(27-33-51)48-25-24-46-23-22-44-14-7-9-20-54(44)58(46)39-48)52-34-28-43(29-35-52)49-31-36-56-57-37-30-45-15-8-10-21-55(45)60(57)62(59(56)40-49)50-17-5-2-6-18-50/h1-40H. The molecule has 2 nitrogen and oxygen atoms in total. The van der Waals surface area contributed by atoms with E-state index in [0.717, 1.165) is 22.7 Å². The van der Waals surface area contributed by atoms with Crippen molar-refractivity contribution >= 4 is 71.2 Å². The average molecular weight is 789 g/mol. The predicted molar refractivity (Wildman–Crippen MR) is 264 cm³/mol. The molecule has 11 aromatic carbocycles. The van der Waals surface area contributed by atoms with Gasteiger partial charge in [0.1, 0.15) is 0 Å². The zero-order chi connectivity index (χ0) is 41.0. The number of anilines is 3. The Balaban J connectivity index is 0.956. The molecule has 0 radical (unpaired) electrons. The first-order valence-corrected chi connectivity index (χ1v) is 21.3. The minimum Gasteiger partial charge on any atom is -0.310 e. The number of hydrogen-bond donors (Lipinski definition) is 0. The molecule has 0 spiro atoms. The van der Waals surface area contributed by atoms with E-state index in [1.807, 2.05) is 0 Å². The molecule has 0 unspecified atom stereocenters. The quantitative estimate of drug-likeness (QED) is 0.146. The van der Waals surface area contributed by atoms with Gasteiger partial charge >= 0.3 is 0 Å². The Labute approximate surface area is 360 Å². The van der Waals surface area contributed by atoms with E-state index in [0.29, 0.717) is 0 Å². The zero-order valence-electron chi connectivity index (χ0n) is 34.0. The molecule has 290 valence electrons. The van der Waals surface area contributed by atoms with E-state index in [1.54, 1.807) is 0 Å². The summed E-state index contributed by atoms with van der Waals surface area (Å²) in [5, 5.41) is 10.1. The van der Waals surface area contributed by atoms with Gasteiger partial charge in [-0.1, -0.05) is 182 Å². The Bertz CT molecular complexity index is 3600. The minimum absolute atomic E-state index is 1.09. The van der Waals surface area contributed by atoms with E-state index in [-0.39, 0.29) is 0 Å². The van der Waals surface area contributed by atoms with Crippen LogP contribution in [0.3, 0.4) is 0 Å². The molecule has 0 atom stereocenters. The van der Waals surface area contributed by atoms with Gasteiger partial charge in [0.15, 0.2) is 0 Å². The van der Waals surface area contributed by atoms with Crippen molar-refractivity contribution < 1.29 is 0 Å². The lowest BCUT2D eigenvalue weighted by Gasteiger charge is -2.26. The fraction of sp³-hybridized carbons (Fsp3) is 0. The third-order valence-electron chi connectivity index (χ3n) is 12.5. The van der Waals surface area contributed by atoms with Crippen molar-refractivity contribution in [2.24, 2.45) is 0 Å². The van der Waals surface area contributed by atoms with Crippen LogP contribution in [0.4, 0.5) is 17.1 Å². The molecule has 0 aliphatic heterocycles. The fourth-order valence-corrected chi connectivity index (χ4v) is 9.49. The number of fused-ring (bicyclic) bond motifs is 8. The summed E-state index contributed by atoms with van der Waals surface area (Å²) in [7, 11) is 0. The predicted octanol–water partition coefficient (Wildman–Crippen LogP) is 16.7. The van der Waals surface area contributed by atoms with Crippen LogP contribution in [0.5, 0.6) is 0 Å². The van der Waals surface area contributed by atoms with Gasteiger partial charge in [0.2, 0.25) is 0 Å². The monoisotopic (exact) mass is 788 g/mol. The fourth-order valence-electron chi connectivity index (χ4n) is 9.49. The molecule has 1 aromatic heterocycles. The summed E-state index contributed by atoms with van der Waals surface area (Å²) in [5.41, 5.74) is 14.0. The van der Waals surface area contributed by atoms with Gasteiger partial charge < -0.3 is 9.47 Å². The number of para-hydroxylation sites is 1. The minimum atomic E-state index is 1.09. The summed E-state index contributed by atoms with van der Waals surface area (Å²) in [6.45, 7) is 0. The molecule has 1 heterocycles. The van der Waals surface area contributed by atoms with Crippen molar-refractivity contribution in [2.45, 2.75) is 0 Å². The maximum Gasteiger partial charge on any atom is 0.0619 e. The third-order valence-corrected chi connectivity index (χ3v) is 12.5. The number of hydrogen-bond acceptors (Lipinski definition) is 1. The molecular weight excluding hydrogens is 749 g/mol. The molecule has 0 saturated heterocycles. The van der Waals surface area contributed by atoms with Crippen LogP contribution in [-0.2, 0) is 0 Å². The zero-order valence-corrected chi connectivity index (χ0v) is 34.0. The Morgan fingerprint density at radius 1 is 0.258 bits per heavy atom. The van der Waals surface area contributed by atoms with Crippen molar-refractivity contribution in [3.05, 3.63) is 243 Å². The van der Waals surface area contributed by atoms with Gasteiger partial charge in [0.05, 0.1) is 11.0 Å². The summed E-state index contributed by atoms with van der Waals surface area (Å²) in [6.07, 6.45) is 0. The van der Waals surface area contributed by atoms with Crippen LogP contribution in [0.2, 0.25) is 0 Å². The van der Waals surface area contributed by atoms with Crippen LogP contribution < -0.4 is 4.90 Å². The van der Waals surface area contributed by atoms with Crippen molar-refractivity contribution in [1.29, 1.82) is 0 Å². The Morgan fingerprint density at radius 3 is 1.47 bits per heavy atom. The molecule has 0 N–H and O–H groups in total. The maximum absolute atomic E-state index is 2.44. The van der Waals surface area contributed by atoms with Crippen molar-refractivity contribution in [3.8, 4) is 39.1 Å². The normalized spacial score (nSPS) is 11.5. The summed E-state index contributed by atoms with van der Waals surface area (Å²) >= 11 is 0. The smallest absolute Gasteiger partial charge is 0.0619 e. The van der Waals surface area contributed by atoms with Crippen molar-refractivity contribution in [2.75, 3.05) is 4.90 Å². The van der Waals surface area contributed by atoms with Crippen LogP contribution in [-0.4, -0.2) is 4.57 Å². The number of rotatable bonds is 7. The maximum atomic E-state index is 2.44. The van der Waals surface area contributed by atoms with Crippen LogP contribution >= 0.6 is 0 Å². The number of aromatic nitrogens is 1. The molecule has 0 fully saturated rings. The first-order valence-electron chi connectivity index (χ1n) is 21.3. The molecule has 12 rings (SSSR count). The van der Waals surface area contributed by atoms with Crippen molar-refractivity contribution in [3.63, 3.8) is 0 Å². The highest BCUT2D eigenvalue weighted by atomic mass is 15.1. The van der Waals surface area contributed by atoms with E-state index in [9.17, 15) is 0 Å². The first-order chi connectivity index (χ1) is 30.7. The van der Waals surface area contributed by atoms with E-state index in [1.165, 1.54) is 87.5 Å². The van der Waals surface area contributed by atoms with Crippen LogP contribution in [0.15, 0.2) is 243 Å². The Morgan fingerprint density at radius 2 is 0.742 bits per heavy atom. The van der Waals surface area contributed by atoms with Crippen molar-refractivity contribution in [1.82, 2.24) is 4.57 Å². The van der Waals surface area contributed by atoms with Gasteiger partial charge in [-0.3, -0.25) is 0 Å². The van der Waals surface area contributed by atoms with Gasteiger partial charge in [-0.15, -0.1) is 0 Å². The van der Waals surface area contributed by atoms with E-state index >= 15 is 0 Å². The summed E-state index contributed by atoms with van der Waals surface area (Å²) in [5.74, 6) is 0. The molecule has 0 aliphatic carbocycles. The number of nitrogens with zero attached hydrogens (tertiary/aromatic N) is 2. The van der Waals surface area contributed by atoms with Gasteiger partial charge in [-0.2, -0.15) is 0 Å². The highest BCUT2D eigenvalue weighted by molar-refractivity contribution is 6.19.